The number of hydrogen-bond donors (Lipinski definition) is 1. The molecular formula is C45H58N4O10S. The number of aromatic nitrogens is 2. The smallest absolute Gasteiger partial charge is 0.307 e. The average Bonchev–Trinajstić information content (AvgIpc) is 3.95. The van der Waals surface area contributed by atoms with E-state index in [0.29, 0.717) is 61.0 Å². The summed E-state index contributed by atoms with van der Waals surface area (Å²) < 4.78 is 51.5. The second-order valence-corrected chi connectivity index (χ2v) is 20.8. The molecule has 60 heavy (non-hydrogen) atoms. The summed E-state index contributed by atoms with van der Waals surface area (Å²) in [6.07, 6.45) is 11.5. The van der Waals surface area contributed by atoms with Gasteiger partial charge >= 0.3 is 5.97 Å². The Labute approximate surface area is 352 Å². The summed E-state index contributed by atoms with van der Waals surface area (Å²) in [5.41, 5.74) is -1.40. The third kappa shape index (κ3) is 8.96. The van der Waals surface area contributed by atoms with Gasteiger partial charge in [-0.05, 0) is 102 Å². The number of hydrogen-bond acceptors (Lipinski definition) is 12. The normalized spacial score (nSPS) is 28.8. The van der Waals surface area contributed by atoms with Crippen LogP contribution in [0.15, 0.2) is 53.6 Å². The fourth-order valence-electron chi connectivity index (χ4n) is 9.02. The average molecular weight is 847 g/mol. The van der Waals surface area contributed by atoms with Crippen molar-refractivity contribution in [3.8, 4) is 23.0 Å². The number of nitrogens with zero attached hydrogens (tertiary/aromatic N) is 3. The van der Waals surface area contributed by atoms with Crippen molar-refractivity contribution in [1.29, 1.82) is 0 Å². The molecule has 14 nitrogen and oxygen atoms in total. The first-order valence-corrected chi connectivity index (χ1v) is 22.7. The highest BCUT2D eigenvalue weighted by Gasteiger charge is 2.62. The Kier molecular flexibility index (Phi) is 12.0. The number of oxazole rings is 1. The van der Waals surface area contributed by atoms with Crippen molar-refractivity contribution in [2.24, 2.45) is 29.1 Å². The van der Waals surface area contributed by atoms with Gasteiger partial charge in [-0.3, -0.25) is 23.9 Å². The second kappa shape index (κ2) is 16.6. The number of allylic oxidation sites excluding steroid dienone is 2. The summed E-state index contributed by atoms with van der Waals surface area (Å²) in [6.45, 7) is 11.1. The number of fused-ring (bicyclic) bond motifs is 3. The van der Waals surface area contributed by atoms with Crippen LogP contribution in [0.3, 0.4) is 0 Å². The fourth-order valence-corrected chi connectivity index (χ4v) is 10.4. The third-order valence-electron chi connectivity index (χ3n) is 13.0. The molecule has 2 aromatic heterocycles. The number of esters is 1. The maximum atomic E-state index is 15.1. The van der Waals surface area contributed by atoms with Gasteiger partial charge in [0.2, 0.25) is 27.7 Å². The predicted molar refractivity (Wildman–Crippen MR) is 223 cm³/mol. The minimum atomic E-state index is -3.98. The Morgan fingerprint density at radius 2 is 1.87 bits per heavy atom. The molecule has 2 aliphatic heterocycles. The molecule has 324 valence electrons. The number of ketones is 1. The van der Waals surface area contributed by atoms with E-state index in [1.54, 1.807) is 53.3 Å². The molecule has 1 N–H and O–H groups in total. The van der Waals surface area contributed by atoms with Gasteiger partial charge in [0.1, 0.15) is 17.5 Å². The third-order valence-corrected chi connectivity index (χ3v) is 15.1. The SMILES string of the molecule is CC[C@@H]1C[C@H](C)CC/C=C\[C@@H]2C[C@@]2(C(=O)NS(=O)(=O)C2(C)CC2)CC(=O)[C@@H]2C[C@@H](Oc3ncc(-c4cnco4)c4cc(OC)ccc34)CN2C(=O)[C@H]1CC(=O)OC(C)(C)C. The maximum absolute atomic E-state index is 15.1. The summed E-state index contributed by atoms with van der Waals surface area (Å²) in [5.74, 6) is -1.66. The summed E-state index contributed by atoms with van der Waals surface area (Å²) in [5, 5.41) is 1.37. The molecule has 2 aliphatic carbocycles. The summed E-state index contributed by atoms with van der Waals surface area (Å²) in [6, 6.07) is 4.43. The van der Waals surface area contributed by atoms with Gasteiger partial charge in [0.25, 0.3) is 0 Å². The molecule has 7 atom stereocenters. The van der Waals surface area contributed by atoms with Crippen LogP contribution < -0.4 is 14.2 Å². The topological polar surface area (TPSA) is 184 Å². The first-order chi connectivity index (χ1) is 28.4. The van der Waals surface area contributed by atoms with Gasteiger partial charge in [-0.2, -0.15) is 0 Å². The van der Waals surface area contributed by atoms with Crippen molar-refractivity contribution in [2.45, 2.75) is 128 Å². The highest BCUT2D eigenvalue weighted by Crippen LogP contribution is 2.58. The van der Waals surface area contributed by atoms with Crippen LogP contribution >= 0.6 is 0 Å². The van der Waals surface area contributed by atoms with Gasteiger partial charge in [-0.1, -0.05) is 32.4 Å². The Balaban J connectivity index is 1.26. The van der Waals surface area contributed by atoms with Crippen LogP contribution in [0.25, 0.3) is 22.1 Å². The molecule has 3 fully saturated rings. The van der Waals surface area contributed by atoms with Crippen LogP contribution in [0, 0.1) is 29.1 Å². The number of carbonyl (C=O) groups is 4. The number of ether oxygens (including phenoxy) is 3. The van der Waals surface area contributed by atoms with Gasteiger partial charge in [0, 0.05) is 35.4 Å². The van der Waals surface area contributed by atoms with E-state index in [1.165, 1.54) is 11.3 Å². The molecule has 7 rings (SSSR count). The lowest BCUT2D eigenvalue weighted by atomic mass is 9.79. The fraction of sp³-hybridized carbons (Fsp3) is 0.600. The molecule has 0 spiro atoms. The number of nitrogens with one attached hydrogen (secondary N) is 1. The van der Waals surface area contributed by atoms with E-state index < -0.39 is 55.7 Å². The first-order valence-electron chi connectivity index (χ1n) is 21.2. The number of Topliss-reactive ketones (excluding diaryl/α,β-unsaturated/α-hetero) is 1. The highest BCUT2D eigenvalue weighted by molar-refractivity contribution is 7.91. The number of sulfonamides is 1. The van der Waals surface area contributed by atoms with Crippen molar-refractivity contribution in [2.75, 3.05) is 13.7 Å². The van der Waals surface area contributed by atoms with Crippen molar-refractivity contribution in [3.63, 3.8) is 0 Å². The lowest BCUT2D eigenvalue weighted by Crippen LogP contribution is -2.48. The zero-order chi connectivity index (χ0) is 43.2. The number of carbonyl (C=O) groups excluding carboxylic acids is 4. The lowest BCUT2D eigenvalue weighted by Gasteiger charge is -2.33. The lowest BCUT2D eigenvalue weighted by molar-refractivity contribution is -0.160. The van der Waals surface area contributed by atoms with Gasteiger partial charge in [0.05, 0.1) is 48.4 Å². The van der Waals surface area contributed by atoms with Crippen molar-refractivity contribution < 1.29 is 46.2 Å². The highest BCUT2D eigenvalue weighted by atomic mass is 32.2. The number of benzene rings is 1. The zero-order valence-corrected chi connectivity index (χ0v) is 36.5. The Morgan fingerprint density at radius 3 is 2.53 bits per heavy atom. The molecule has 4 aliphatic rings. The zero-order valence-electron chi connectivity index (χ0n) is 35.7. The summed E-state index contributed by atoms with van der Waals surface area (Å²) in [7, 11) is -2.40. The quantitative estimate of drug-likeness (QED) is 0.164. The Hall–Kier alpha value is -4.79. The van der Waals surface area contributed by atoms with Crippen LogP contribution in [0.5, 0.6) is 11.6 Å². The first kappa shape index (κ1) is 43.3. The van der Waals surface area contributed by atoms with Crippen molar-refractivity contribution >= 4 is 44.4 Å². The van der Waals surface area contributed by atoms with Crippen molar-refractivity contribution in [3.05, 3.63) is 49.1 Å². The maximum Gasteiger partial charge on any atom is 0.307 e. The summed E-state index contributed by atoms with van der Waals surface area (Å²) >= 11 is 0. The van der Waals surface area contributed by atoms with Gasteiger partial charge < -0.3 is 23.5 Å². The van der Waals surface area contributed by atoms with Crippen LogP contribution in [0.1, 0.15) is 106 Å². The van der Waals surface area contributed by atoms with E-state index in [2.05, 4.69) is 21.6 Å². The molecule has 15 heteroatoms. The summed E-state index contributed by atoms with van der Waals surface area (Å²) in [4.78, 5) is 67.9. The molecule has 2 saturated carbocycles. The largest absolute Gasteiger partial charge is 0.497 e. The molecule has 0 unspecified atom stereocenters. The predicted octanol–water partition coefficient (Wildman–Crippen LogP) is 6.96. The molecule has 3 aromatic rings. The standard InChI is InChI=1S/C45H58N4O10S/c1-8-28-17-27(2)11-9-10-12-29-21-45(29,42(53)48-60(54,55)44(6)15-16-44)22-37(50)36-19-31(25-49(36)41(52)33(28)20-39(51)59-43(3,4)5)58-40-32-14-13-30(56-7)18-34(32)35(23-47-40)38-24-46-26-57-38/h10,12-14,18,23-24,26-29,31,33,36H,8-9,11,15-17,19-22,25H2,1-7H3,(H,48,53)/b12-10-/t27-,28-,29-,31-,33+,36+,45-/m1/s1. The van der Waals surface area contributed by atoms with Gasteiger partial charge in [-0.25, -0.2) is 18.4 Å². The van der Waals surface area contributed by atoms with Crippen LogP contribution in [0.2, 0.25) is 0 Å². The number of methoxy groups -OCH3 is 1. The number of rotatable bonds is 10. The van der Waals surface area contributed by atoms with E-state index in [1.807, 2.05) is 31.2 Å². The van der Waals surface area contributed by atoms with E-state index in [0.717, 1.165) is 11.8 Å². The monoisotopic (exact) mass is 846 g/mol. The van der Waals surface area contributed by atoms with Crippen LogP contribution in [-0.2, 0) is 33.9 Å². The molecule has 2 amide bonds. The molecule has 0 bridgehead atoms. The molecule has 1 saturated heterocycles. The van der Waals surface area contributed by atoms with E-state index >= 15 is 4.79 Å². The molecule has 0 radical (unpaired) electrons. The van der Waals surface area contributed by atoms with Crippen molar-refractivity contribution in [1.82, 2.24) is 19.6 Å². The van der Waals surface area contributed by atoms with Gasteiger partial charge in [-0.15, -0.1) is 0 Å². The Bertz CT molecular complexity index is 2260. The molecule has 1 aromatic carbocycles. The molecule has 4 heterocycles. The minimum absolute atomic E-state index is 0.0183. The van der Waals surface area contributed by atoms with Crippen LogP contribution in [0.4, 0.5) is 0 Å². The second-order valence-electron chi connectivity index (χ2n) is 18.6. The van der Waals surface area contributed by atoms with E-state index in [9.17, 15) is 22.8 Å². The minimum Gasteiger partial charge on any atom is -0.497 e. The van der Waals surface area contributed by atoms with Crippen LogP contribution in [-0.4, -0.2) is 83.0 Å². The molecular weight excluding hydrogens is 789 g/mol. The van der Waals surface area contributed by atoms with Gasteiger partial charge in [0.15, 0.2) is 17.9 Å². The van der Waals surface area contributed by atoms with E-state index in [-0.39, 0.29) is 61.1 Å². The van der Waals surface area contributed by atoms with E-state index in [4.69, 9.17) is 18.6 Å². The Morgan fingerprint density at radius 1 is 1.10 bits per heavy atom. The number of amides is 2. The number of pyridine rings is 1.